The van der Waals surface area contributed by atoms with Crippen LogP contribution in [0.25, 0.3) is 33.3 Å². The molecule has 5 rings (SSSR count). The van der Waals surface area contributed by atoms with Crippen LogP contribution in [0.15, 0.2) is 59.1 Å². The van der Waals surface area contributed by atoms with Crippen LogP contribution in [0.3, 0.4) is 0 Å². The average molecular weight is 376 g/mol. The highest BCUT2D eigenvalue weighted by Crippen LogP contribution is 2.25. The van der Waals surface area contributed by atoms with E-state index in [0.29, 0.717) is 5.16 Å². The highest BCUT2D eigenvalue weighted by Gasteiger charge is 2.09. The second kappa shape index (κ2) is 6.47. The van der Waals surface area contributed by atoms with Crippen molar-refractivity contribution in [2.75, 3.05) is 0 Å². The lowest BCUT2D eigenvalue weighted by Gasteiger charge is -2.02. The maximum absolute atomic E-state index is 4.60. The molecule has 0 amide bonds. The van der Waals surface area contributed by atoms with Crippen LogP contribution in [-0.2, 0) is 5.75 Å². The van der Waals surface area contributed by atoms with Crippen LogP contribution in [0.5, 0.6) is 0 Å². The third kappa shape index (κ3) is 2.83. The van der Waals surface area contributed by atoms with Crippen molar-refractivity contribution in [3.63, 3.8) is 0 Å². The number of hydrogen-bond acceptors (Lipinski definition) is 7. The van der Waals surface area contributed by atoms with E-state index in [1.54, 1.807) is 11.8 Å². The molecule has 26 heavy (non-hydrogen) atoms. The predicted octanol–water partition coefficient (Wildman–Crippen LogP) is 4.32. The van der Waals surface area contributed by atoms with Crippen molar-refractivity contribution in [2.24, 2.45) is 0 Å². The Hall–Kier alpha value is -2.84. The van der Waals surface area contributed by atoms with E-state index >= 15 is 0 Å². The molecule has 6 nitrogen and oxygen atoms in total. The molecule has 0 spiro atoms. The molecular formula is C18H12N6S2. The smallest absolute Gasteiger partial charge is 0.211 e. The monoisotopic (exact) mass is 376 g/mol. The van der Waals surface area contributed by atoms with Crippen LogP contribution in [0.2, 0.25) is 0 Å². The maximum Gasteiger partial charge on any atom is 0.211 e. The fourth-order valence-electron chi connectivity index (χ4n) is 2.78. The summed E-state index contributed by atoms with van der Waals surface area (Å²) in [5.41, 5.74) is 5.79. The van der Waals surface area contributed by atoms with E-state index in [1.165, 1.54) is 17.1 Å². The highest BCUT2D eigenvalue weighted by atomic mass is 32.2. The fraction of sp³-hybridized carbons (Fsp3) is 0.0556. The molecule has 1 N–H and O–H groups in total. The van der Waals surface area contributed by atoms with Gasteiger partial charge in [-0.25, -0.2) is 4.98 Å². The topological polar surface area (TPSA) is 80.2 Å². The van der Waals surface area contributed by atoms with Gasteiger partial charge in [-0.3, -0.25) is 0 Å². The van der Waals surface area contributed by atoms with Crippen molar-refractivity contribution in [2.45, 2.75) is 10.9 Å². The minimum atomic E-state index is 0.664. The molecule has 0 aliphatic carbocycles. The van der Waals surface area contributed by atoms with Gasteiger partial charge in [0, 0.05) is 27.6 Å². The van der Waals surface area contributed by atoms with Gasteiger partial charge in [0.2, 0.25) is 5.16 Å². The predicted molar refractivity (Wildman–Crippen MR) is 104 cm³/mol. The summed E-state index contributed by atoms with van der Waals surface area (Å²) < 4.78 is 3.90. The first-order valence-electron chi connectivity index (χ1n) is 7.97. The minimum Gasteiger partial charge on any atom is -0.338 e. The van der Waals surface area contributed by atoms with E-state index in [-0.39, 0.29) is 0 Å². The van der Waals surface area contributed by atoms with Crippen LogP contribution >= 0.6 is 23.3 Å². The van der Waals surface area contributed by atoms with Gasteiger partial charge in [-0.15, -0.1) is 15.3 Å². The zero-order chi connectivity index (χ0) is 17.3. The van der Waals surface area contributed by atoms with Crippen LogP contribution in [0, 0.1) is 0 Å². The molecule has 0 bridgehead atoms. The van der Waals surface area contributed by atoms with E-state index in [2.05, 4.69) is 54.0 Å². The van der Waals surface area contributed by atoms with Gasteiger partial charge >= 0.3 is 0 Å². The third-order valence-corrected chi connectivity index (χ3v) is 5.49. The summed E-state index contributed by atoms with van der Waals surface area (Å²) in [6.07, 6.45) is 0. The third-order valence-electron chi connectivity index (χ3n) is 4.08. The first-order chi connectivity index (χ1) is 12.9. The number of para-hydroxylation sites is 1. The van der Waals surface area contributed by atoms with E-state index < -0.39 is 0 Å². The Bertz CT molecular complexity index is 1180. The molecule has 8 heteroatoms. The SMILES string of the molecule is c1ccc2c(c1)[nH]c1nc(SCc3ccc(-c4csnn4)cc3)nnc12. The highest BCUT2D eigenvalue weighted by molar-refractivity contribution is 7.98. The van der Waals surface area contributed by atoms with Gasteiger partial charge in [0.1, 0.15) is 11.2 Å². The van der Waals surface area contributed by atoms with E-state index in [9.17, 15) is 0 Å². The molecule has 3 aromatic heterocycles. The Morgan fingerprint density at radius 1 is 0.962 bits per heavy atom. The van der Waals surface area contributed by atoms with Crippen molar-refractivity contribution in [1.29, 1.82) is 0 Å². The molecule has 0 radical (unpaired) electrons. The van der Waals surface area contributed by atoms with Gasteiger partial charge in [-0.05, 0) is 23.2 Å². The molecular weight excluding hydrogens is 364 g/mol. The van der Waals surface area contributed by atoms with Crippen molar-refractivity contribution < 1.29 is 0 Å². The molecule has 0 saturated heterocycles. The lowest BCUT2D eigenvalue weighted by molar-refractivity contribution is 0.878. The Morgan fingerprint density at radius 3 is 2.69 bits per heavy atom. The maximum atomic E-state index is 4.60. The number of nitrogens with zero attached hydrogens (tertiary/aromatic N) is 5. The van der Waals surface area contributed by atoms with Gasteiger partial charge in [-0.1, -0.05) is 58.7 Å². The molecule has 3 heterocycles. The largest absolute Gasteiger partial charge is 0.338 e. The standard InChI is InChI=1S/C18H12N6S2/c1-2-4-14-13(3-1)16-17(19-14)20-18(23-22-16)25-9-11-5-7-12(8-6-11)15-10-26-24-21-15/h1-8,10H,9H2,(H,19,20,23). The Kier molecular flexibility index (Phi) is 3.84. The summed E-state index contributed by atoms with van der Waals surface area (Å²) in [6, 6.07) is 16.3. The Labute approximate surface area is 156 Å². The minimum absolute atomic E-state index is 0.664. The molecule has 5 aromatic rings. The van der Waals surface area contributed by atoms with E-state index in [4.69, 9.17) is 0 Å². The summed E-state index contributed by atoms with van der Waals surface area (Å²) in [7, 11) is 0. The van der Waals surface area contributed by atoms with Gasteiger partial charge < -0.3 is 4.98 Å². The Balaban J connectivity index is 1.35. The second-order valence-corrected chi connectivity index (χ2v) is 7.29. The normalized spacial score (nSPS) is 11.4. The second-order valence-electron chi connectivity index (χ2n) is 5.74. The first kappa shape index (κ1) is 15.4. The zero-order valence-corrected chi connectivity index (χ0v) is 15.1. The van der Waals surface area contributed by atoms with Crippen LogP contribution in [-0.4, -0.2) is 29.8 Å². The van der Waals surface area contributed by atoms with Crippen molar-refractivity contribution >= 4 is 45.4 Å². The number of benzene rings is 2. The molecule has 0 aliphatic heterocycles. The molecule has 2 aromatic carbocycles. The number of H-pyrrole nitrogens is 1. The zero-order valence-electron chi connectivity index (χ0n) is 13.5. The number of hydrogen-bond donors (Lipinski definition) is 1. The number of aromatic nitrogens is 6. The van der Waals surface area contributed by atoms with E-state index in [1.807, 2.05) is 29.6 Å². The van der Waals surface area contributed by atoms with Gasteiger partial charge in [-0.2, -0.15) is 0 Å². The average Bonchev–Trinajstić information content (AvgIpc) is 3.34. The molecule has 0 atom stereocenters. The van der Waals surface area contributed by atoms with Crippen molar-refractivity contribution in [3.8, 4) is 11.3 Å². The lowest BCUT2D eigenvalue weighted by atomic mass is 10.1. The summed E-state index contributed by atoms with van der Waals surface area (Å²) in [4.78, 5) is 7.90. The number of thioether (sulfide) groups is 1. The first-order valence-corrected chi connectivity index (χ1v) is 9.79. The van der Waals surface area contributed by atoms with Gasteiger partial charge in [0.15, 0.2) is 5.65 Å². The van der Waals surface area contributed by atoms with Crippen molar-refractivity contribution in [3.05, 3.63) is 59.5 Å². The van der Waals surface area contributed by atoms with Crippen LogP contribution in [0.4, 0.5) is 0 Å². The number of fused-ring (bicyclic) bond motifs is 3. The van der Waals surface area contributed by atoms with Gasteiger partial charge in [0.25, 0.3) is 0 Å². The molecule has 0 saturated carbocycles. The fourth-order valence-corrected chi connectivity index (χ4v) is 3.98. The van der Waals surface area contributed by atoms with Crippen molar-refractivity contribution in [1.82, 2.24) is 29.8 Å². The number of rotatable bonds is 4. The van der Waals surface area contributed by atoms with Crippen LogP contribution < -0.4 is 0 Å². The summed E-state index contributed by atoms with van der Waals surface area (Å²) >= 11 is 2.93. The lowest BCUT2D eigenvalue weighted by Crippen LogP contribution is -1.92. The molecule has 126 valence electrons. The number of aromatic amines is 1. The molecule has 0 aliphatic rings. The Morgan fingerprint density at radius 2 is 1.85 bits per heavy atom. The summed E-state index contributed by atoms with van der Waals surface area (Å²) in [5.74, 6) is 0.781. The van der Waals surface area contributed by atoms with Gasteiger partial charge in [0.05, 0.1) is 0 Å². The summed E-state index contributed by atoms with van der Waals surface area (Å²) in [5, 5.41) is 16.4. The molecule has 0 fully saturated rings. The molecule has 0 unspecified atom stereocenters. The quantitative estimate of drug-likeness (QED) is 0.471. The number of nitrogens with one attached hydrogen (secondary N) is 1. The van der Waals surface area contributed by atoms with Crippen LogP contribution in [0.1, 0.15) is 5.56 Å². The van der Waals surface area contributed by atoms with E-state index in [0.717, 1.165) is 39.1 Å². The summed E-state index contributed by atoms with van der Waals surface area (Å²) in [6.45, 7) is 0.